The predicted molar refractivity (Wildman–Crippen MR) is 105 cm³/mol. The van der Waals surface area contributed by atoms with Crippen LogP contribution in [0.3, 0.4) is 0 Å². The molecule has 1 aliphatic heterocycles. The lowest BCUT2D eigenvalue weighted by Crippen LogP contribution is -2.40. The molecule has 1 fully saturated rings. The summed E-state index contributed by atoms with van der Waals surface area (Å²) >= 11 is 13.7. The van der Waals surface area contributed by atoms with Crippen molar-refractivity contribution in [3.05, 3.63) is 50.4 Å². The second kappa shape index (κ2) is 7.19. The average molecular weight is 410 g/mol. The minimum absolute atomic E-state index is 0.0602. The zero-order valence-electron chi connectivity index (χ0n) is 14.2. The molecule has 0 bridgehead atoms. The number of carbonyl (C=O) groups is 1. The summed E-state index contributed by atoms with van der Waals surface area (Å²) in [5, 5.41) is 6.84. The number of amides is 1. The van der Waals surface area contributed by atoms with E-state index in [1.54, 1.807) is 6.07 Å². The van der Waals surface area contributed by atoms with Gasteiger partial charge >= 0.3 is 0 Å². The van der Waals surface area contributed by atoms with Gasteiger partial charge in [0, 0.05) is 28.5 Å². The van der Waals surface area contributed by atoms with Crippen LogP contribution in [0.15, 0.2) is 24.3 Å². The van der Waals surface area contributed by atoms with Gasteiger partial charge in [0.25, 0.3) is 5.91 Å². The number of morpholine rings is 1. The molecule has 0 aliphatic carbocycles. The van der Waals surface area contributed by atoms with Gasteiger partial charge in [0.05, 0.1) is 30.3 Å². The summed E-state index contributed by atoms with van der Waals surface area (Å²) in [7, 11) is 0. The largest absolute Gasteiger partial charge is 0.378 e. The predicted octanol–water partition coefficient (Wildman–Crippen LogP) is 4.23. The first kappa shape index (κ1) is 17.8. The van der Waals surface area contributed by atoms with Crippen LogP contribution >= 0.6 is 34.5 Å². The molecule has 1 saturated heterocycles. The molecule has 0 saturated carbocycles. The summed E-state index contributed by atoms with van der Waals surface area (Å²) in [6.45, 7) is 4.96. The number of benzene rings is 1. The Labute approximate surface area is 165 Å². The molecule has 1 amide bonds. The molecule has 0 unspecified atom stereocenters. The lowest BCUT2D eigenvalue weighted by molar-refractivity contribution is 0.0306. The van der Waals surface area contributed by atoms with E-state index in [9.17, 15) is 4.79 Å². The van der Waals surface area contributed by atoms with Crippen LogP contribution in [0.25, 0.3) is 10.2 Å². The molecule has 26 heavy (non-hydrogen) atoms. The van der Waals surface area contributed by atoms with E-state index >= 15 is 0 Å². The molecule has 3 aromatic rings. The maximum absolute atomic E-state index is 12.8. The minimum atomic E-state index is 0.0602. The van der Waals surface area contributed by atoms with Crippen LogP contribution in [0.4, 0.5) is 0 Å². The van der Waals surface area contributed by atoms with E-state index < -0.39 is 0 Å². The number of aryl methyl sites for hydroxylation is 1. The zero-order valence-corrected chi connectivity index (χ0v) is 16.5. The number of hydrogen-bond donors (Lipinski definition) is 0. The molecular weight excluding hydrogens is 393 g/mol. The molecule has 0 radical (unpaired) electrons. The maximum Gasteiger partial charge on any atom is 0.264 e. The number of nitrogens with zero attached hydrogens (tertiary/aromatic N) is 3. The smallest absolute Gasteiger partial charge is 0.264 e. The molecule has 0 spiro atoms. The lowest BCUT2D eigenvalue weighted by Gasteiger charge is -2.26. The van der Waals surface area contributed by atoms with Crippen molar-refractivity contribution in [2.75, 3.05) is 26.3 Å². The second-order valence-electron chi connectivity index (χ2n) is 6.21. The van der Waals surface area contributed by atoms with Gasteiger partial charge in [-0.25, -0.2) is 0 Å². The Bertz CT molecular complexity index is 976. The third-order valence-electron chi connectivity index (χ3n) is 4.45. The van der Waals surface area contributed by atoms with Crippen molar-refractivity contribution in [3.63, 3.8) is 0 Å². The molecule has 8 heteroatoms. The van der Waals surface area contributed by atoms with Crippen LogP contribution < -0.4 is 0 Å². The number of hydrogen-bond acceptors (Lipinski definition) is 4. The van der Waals surface area contributed by atoms with E-state index in [-0.39, 0.29) is 5.91 Å². The van der Waals surface area contributed by atoms with Crippen molar-refractivity contribution in [1.29, 1.82) is 0 Å². The fourth-order valence-corrected chi connectivity index (χ4v) is 4.66. The summed E-state index contributed by atoms with van der Waals surface area (Å²) in [6.07, 6.45) is 0. The zero-order chi connectivity index (χ0) is 18.3. The minimum Gasteiger partial charge on any atom is -0.378 e. The highest BCUT2D eigenvalue weighted by molar-refractivity contribution is 7.20. The van der Waals surface area contributed by atoms with E-state index in [0.717, 1.165) is 26.4 Å². The number of carbonyl (C=O) groups excluding carboxylic acids is 1. The number of rotatable bonds is 3. The number of fused-ring (bicyclic) bond motifs is 1. The molecule has 0 N–H and O–H groups in total. The van der Waals surface area contributed by atoms with Crippen molar-refractivity contribution in [1.82, 2.24) is 14.7 Å². The van der Waals surface area contributed by atoms with E-state index in [1.165, 1.54) is 11.3 Å². The molecule has 1 aliphatic rings. The highest BCUT2D eigenvalue weighted by Crippen LogP contribution is 2.31. The Kier molecular flexibility index (Phi) is 4.92. The molecular formula is C18H17Cl2N3O2S. The first-order valence-corrected chi connectivity index (χ1v) is 9.88. The van der Waals surface area contributed by atoms with Gasteiger partial charge in [0.15, 0.2) is 0 Å². The van der Waals surface area contributed by atoms with Gasteiger partial charge in [0.2, 0.25) is 0 Å². The van der Waals surface area contributed by atoms with E-state index in [0.29, 0.717) is 42.9 Å². The average Bonchev–Trinajstić information content (AvgIpc) is 3.19. The highest BCUT2D eigenvalue weighted by Gasteiger charge is 2.22. The third-order valence-corrected chi connectivity index (χ3v) is 6.18. The molecule has 0 atom stereocenters. The van der Waals surface area contributed by atoms with Crippen molar-refractivity contribution in [3.8, 4) is 0 Å². The number of halogens is 2. The van der Waals surface area contributed by atoms with Gasteiger partial charge in [-0.05, 0) is 30.7 Å². The molecule has 1 aromatic carbocycles. The molecule has 5 nitrogen and oxygen atoms in total. The Morgan fingerprint density at radius 1 is 1.27 bits per heavy atom. The number of thiophene rings is 1. The Hall–Kier alpha value is -1.60. The summed E-state index contributed by atoms with van der Waals surface area (Å²) < 4.78 is 7.23. The monoisotopic (exact) mass is 409 g/mol. The van der Waals surface area contributed by atoms with Crippen LogP contribution in [-0.4, -0.2) is 46.9 Å². The molecule has 136 valence electrons. The lowest BCUT2D eigenvalue weighted by atomic mass is 10.2. The van der Waals surface area contributed by atoms with Crippen LogP contribution in [0.5, 0.6) is 0 Å². The summed E-state index contributed by atoms with van der Waals surface area (Å²) in [5.41, 5.74) is 1.84. The van der Waals surface area contributed by atoms with E-state index in [2.05, 4.69) is 5.10 Å². The summed E-state index contributed by atoms with van der Waals surface area (Å²) in [6, 6.07) is 7.40. The van der Waals surface area contributed by atoms with Crippen molar-refractivity contribution >= 4 is 50.7 Å². The van der Waals surface area contributed by atoms with Crippen molar-refractivity contribution in [2.45, 2.75) is 13.5 Å². The highest BCUT2D eigenvalue weighted by atomic mass is 35.5. The molecule has 4 rings (SSSR count). The first-order valence-electron chi connectivity index (χ1n) is 8.31. The van der Waals surface area contributed by atoms with Gasteiger partial charge in [0.1, 0.15) is 4.83 Å². The van der Waals surface area contributed by atoms with Crippen molar-refractivity contribution < 1.29 is 9.53 Å². The SMILES string of the molecule is Cc1nn(Cc2ccc(Cl)cc2Cl)c2sc(C(=O)N3CCOCC3)cc12. The van der Waals surface area contributed by atoms with E-state index in [1.807, 2.05) is 34.7 Å². The third kappa shape index (κ3) is 3.34. The fourth-order valence-electron chi connectivity index (χ4n) is 3.06. The second-order valence-corrected chi connectivity index (χ2v) is 8.09. The van der Waals surface area contributed by atoms with Gasteiger partial charge < -0.3 is 9.64 Å². The quantitative estimate of drug-likeness (QED) is 0.649. The van der Waals surface area contributed by atoms with Crippen LogP contribution in [0.1, 0.15) is 20.9 Å². The summed E-state index contributed by atoms with van der Waals surface area (Å²) in [4.78, 5) is 16.3. The molecule has 2 aromatic heterocycles. The standard InChI is InChI=1S/C18H17Cl2N3O2S/c1-11-14-9-16(17(24)22-4-6-25-7-5-22)26-18(14)23(21-11)10-12-2-3-13(19)8-15(12)20/h2-3,8-9H,4-7,10H2,1H3. The van der Waals surface area contributed by atoms with Gasteiger partial charge in [-0.2, -0.15) is 5.10 Å². The van der Waals surface area contributed by atoms with Crippen molar-refractivity contribution in [2.24, 2.45) is 0 Å². The van der Waals surface area contributed by atoms with Crippen LogP contribution in [0.2, 0.25) is 10.0 Å². The number of ether oxygens (including phenoxy) is 1. The molecule has 3 heterocycles. The topological polar surface area (TPSA) is 47.4 Å². The van der Waals surface area contributed by atoms with Gasteiger partial charge in [-0.3, -0.25) is 9.48 Å². The van der Waals surface area contributed by atoms with Gasteiger partial charge in [-0.15, -0.1) is 11.3 Å². The van der Waals surface area contributed by atoms with Crippen LogP contribution in [0, 0.1) is 6.92 Å². The Morgan fingerprint density at radius 3 is 2.77 bits per heavy atom. The maximum atomic E-state index is 12.8. The van der Waals surface area contributed by atoms with Gasteiger partial charge in [-0.1, -0.05) is 29.3 Å². The fraction of sp³-hybridized carbons (Fsp3) is 0.333. The Morgan fingerprint density at radius 2 is 2.04 bits per heavy atom. The number of aromatic nitrogens is 2. The summed E-state index contributed by atoms with van der Waals surface area (Å²) in [5.74, 6) is 0.0602. The normalized spacial score (nSPS) is 15.0. The van der Waals surface area contributed by atoms with Crippen LogP contribution in [-0.2, 0) is 11.3 Å². The Balaban J connectivity index is 1.66. The van der Waals surface area contributed by atoms with E-state index in [4.69, 9.17) is 27.9 Å². The first-order chi connectivity index (χ1) is 12.5.